The number of phenolic OH excluding ortho intramolecular Hbond substituents is 1. The molecule has 0 saturated carbocycles. The Kier molecular flexibility index (Phi) is 3.46. The van der Waals surface area contributed by atoms with Gasteiger partial charge < -0.3 is 5.11 Å². The van der Waals surface area contributed by atoms with E-state index < -0.39 is 0 Å². The lowest BCUT2D eigenvalue weighted by Crippen LogP contribution is -2.18. The molecule has 0 saturated heterocycles. The number of aromatic hydroxyl groups is 1. The molecule has 6 heteroatoms. The first kappa shape index (κ1) is 14.1. The molecule has 2 heterocycles. The van der Waals surface area contributed by atoms with Crippen molar-refractivity contribution in [2.45, 2.75) is 25.7 Å². The fourth-order valence-corrected chi connectivity index (χ4v) is 4.13. The van der Waals surface area contributed by atoms with Crippen molar-refractivity contribution in [3.05, 3.63) is 57.0 Å². The maximum absolute atomic E-state index is 12.7. The van der Waals surface area contributed by atoms with Gasteiger partial charge in [0.05, 0.1) is 11.6 Å². The van der Waals surface area contributed by atoms with Crippen LogP contribution in [-0.2, 0) is 12.8 Å². The molecule has 0 amide bonds. The zero-order chi connectivity index (χ0) is 15.8. The highest BCUT2D eigenvalue weighted by atomic mass is 32.1. The van der Waals surface area contributed by atoms with E-state index >= 15 is 0 Å². The highest BCUT2D eigenvalue weighted by Crippen LogP contribution is 2.33. The van der Waals surface area contributed by atoms with Gasteiger partial charge in [-0.25, -0.2) is 4.98 Å². The third kappa shape index (κ3) is 2.55. The average molecular weight is 325 g/mol. The smallest absolute Gasteiger partial charge is 0.282 e. The normalized spacial score (nSPS) is 14.4. The van der Waals surface area contributed by atoms with Gasteiger partial charge in [-0.15, -0.1) is 11.3 Å². The van der Waals surface area contributed by atoms with E-state index in [0.29, 0.717) is 0 Å². The third-order valence-corrected chi connectivity index (χ3v) is 5.28. The van der Waals surface area contributed by atoms with E-state index in [4.69, 9.17) is 0 Å². The summed E-state index contributed by atoms with van der Waals surface area (Å²) in [6, 6.07) is 6.65. The Morgan fingerprint density at radius 2 is 2.00 bits per heavy atom. The van der Waals surface area contributed by atoms with Gasteiger partial charge in [0.1, 0.15) is 16.9 Å². The Hall–Kier alpha value is -2.47. The zero-order valence-electron chi connectivity index (χ0n) is 12.4. The fraction of sp³-hybridized carbons (Fsp3) is 0.235. The molecule has 1 N–H and O–H groups in total. The molecule has 0 bridgehead atoms. The molecule has 3 aromatic rings. The number of hydrogen-bond acceptors (Lipinski definition) is 5. The molecule has 1 aliphatic carbocycles. The van der Waals surface area contributed by atoms with Crippen molar-refractivity contribution in [2.75, 3.05) is 0 Å². The summed E-state index contributed by atoms with van der Waals surface area (Å²) in [5.74, 6) is 0.201. The number of thiophene rings is 1. The van der Waals surface area contributed by atoms with E-state index in [1.165, 1.54) is 27.9 Å². The monoisotopic (exact) mass is 325 g/mol. The molecular formula is C17H15N3O2S. The molecular weight excluding hydrogens is 310 g/mol. The maximum Gasteiger partial charge on any atom is 0.282 e. The summed E-state index contributed by atoms with van der Waals surface area (Å²) in [5, 5.41) is 14.2. The Labute approximate surface area is 136 Å². The minimum absolute atomic E-state index is 0.107. The Bertz CT molecular complexity index is 954. The van der Waals surface area contributed by atoms with E-state index in [2.05, 4.69) is 10.1 Å². The number of fused-ring (bicyclic) bond motifs is 3. The van der Waals surface area contributed by atoms with Crippen LogP contribution in [0.25, 0.3) is 10.2 Å². The largest absolute Gasteiger partial charge is 0.508 e. The van der Waals surface area contributed by atoms with E-state index in [-0.39, 0.29) is 11.3 Å². The van der Waals surface area contributed by atoms with Crippen LogP contribution in [-0.4, -0.2) is 21.0 Å². The number of benzene rings is 1. The van der Waals surface area contributed by atoms with Gasteiger partial charge in [0.25, 0.3) is 5.56 Å². The topological polar surface area (TPSA) is 67.5 Å². The summed E-state index contributed by atoms with van der Waals surface area (Å²) >= 11 is 1.63. The second-order valence-electron chi connectivity index (χ2n) is 5.62. The van der Waals surface area contributed by atoms with Crippen LogP contribution in [0.3, 0.4) is 0 Å². The molecule has 1 aromatic carbocycles. The van der Waals surface area contributed by atoms with Crippen molar-refractivity contribution in [1.29, 1.82) is 0 Å². The van der Waals surface area contributed by atoms with Crippen LogP contribution in [0.5, 0.6) is 5.75 Å². The van der Waals surface area contributed by atoms with Gasteiger partial charge in [-0.3, -0.25) is 4.79 Å². The van der Waals surface area contributed by atoms with Crippen LogP contribution in [0, 0.1) is 0 Å². The van der Waals surface area contributed by atoms with Crippen molar-refractivity contribution < 1.29 is 5.11 Å². The number of phenols is 1. The van der Waals surface area contributed by atoms with Crippen LogP contribution >= 0.6 is 11.3 Å². The highest BCUT2D eigenvalue weighted by molar-refractivity contribution is 7.18. The Morgan fingerprint density at radius 3 is 2.83 bits per heavy atom. The minimum Gasteiger partial charge on any atom is -0.508 e. The van der Waals surface area contributed by atoms with Crippen LogP contribution < -0.4 is 5.56 Å². The number of nitrogens with zero attached hydrogens (tertiary/aromatic N) is 3. The second-order valence-corrected chi connectivity index (χ2v) is 6.71. The predicted octanol–water partition coefficient (Wildman–Crippen LogP) is 2.92. The summed E-state index contributed by atoms with van der Waals surface area (Å²) in [6.07, 6.45) is 7.39. The van der Waals surface area contributed by atoms with Crippen molar-refractivity contribution in [1.82, 2.24) is 9.66 Å². The van der Waals surface area contributed by atoms with Gasteiger partial charge in [0.15, 0.2) is 0 Å². The van der Waals surface area contributed by atoms with E-state index in [1.807, 2.05) is 0 Å². The van der Waals surface area contributed by atoms with Crippen molar-refractivity contribution in [3.63, 3.8) is 0 Å². The molecule has 23 heavy (non-hydrogen) atoms. The van der Waals surface area contributed by atoms with Crippen molar-refractivity contribution >= 4 is 27.8 Å². The number of aryl methyl sites for hydroxylation is 2. The predicted molar refractivity (Wildman–Crippen MR) is 91.6 cm³/mol. The molecule has 116 valence electrons. The van der Waals surface area contributed by atoms with E-state index in [9.17, 15) is 9.90 Å². The van der Waals surface area contributed by atoms with Gasteiger partial charge in [-0.05, 0) is 61.1 Å². The average Bonchev–Trinajstić information content (AvgIpc) is 2.95. The first-order valence-corrected chi connectivity index (χ1v) is 8.39. The zero-order valence-corrected chi connectivity index (χ0v) is 13.2. The van der Waals surface area contributed by atoms with Gasteiger partial charge in [-0.2, -0.15) is 9.78 Å². The Morgan fingerprint density at radius 1 is 1.22 bits per heavy atom. The second kappa shape index (κ2) is 5.62. The standard InChI is InChI=1S/C17H15N3O2S/c21-12-7-5-11(6-8-12)9-19-20-10-18-16-15(17(20)22)13-3-1-2-4-14(13)23-16/h5-10,21H,1-4H2/b19-9-. The van der Waals surface area contributed by atoms with Crippen molar-refractivity contribution in [3.8, 4) is 5.75 Å². The molecule has 0 aliphatic heterocycles. The SMILES string of the molecule is O=c1c2c3c(sc2ncn1/N=C\c1ccc(O)cc1)CCCC3. The van der Waals surface area contributed by atoms with E-state index in [1.54, 1.807) is 41.8 Å². The minimum atomic E-state index is -0.107. The molecule has 0 fully saturated rings. The van der Waals surface area contributed by atoms with Crippen LogP contribution in [0.15, 0.2) is 40.5 Å². The number of rotatable bonds is 2. The lowest BCUT2D eigenvalue weighted by molar-refractivity contribution is 0.475. The highest BCUT2D eigenvalue weighted by Gasteiger charge is 2.19. The summed E-state index contributed by atoms with van der Waals surface area (Å²) in [6.45, 7) is 0. The molecule has 0 radical (unpaired) electrons. The molecule has 5 nitrogen and oxygen atoms in total. The summed E-state index contributed by atoms with van der Waals surface area (Å²) in [4.78, 5) is 19.2. The molecule has 1 aliphatic rings. The van der Waals surface area contributed by atoms with Gasteiger partial charge in [0, 0.05) is 4.88 Å². The van der Waals surface area contributed by atoms with Gasteiger partial charge >= 0.3 is 0 Å². The molecule has 4 rings (SSSR count). The maximum atomic E-state index is 12.7. The van der Waals surface area contributed by atoms with Gasteiger partial charge in [-0.1, -0.05) is 0 Å². The molecule has 2 aromatic heterocycles. The molecule has 0 atom stereocenters. The summed E-state index contributed by atoms with van der Waals surface area (Å²) in [7, 11) is 0. The summed E-state index contributed by atoms with van der Waals surface area (Å²) in [5.41, 5.74) is 1.87. The number of aromatic nitrogens is 2. The fourth-order valence-electron chi connectivity index (χ4n) is 2.91. The quantitative estimate of drug-likeness (QED) is 0.737. The Balaban J connectivity index is 1.77. The molecule has 0 unspecified atom stereocenters. The molecule has 0 spiro atoms. The first-order valence-electron chi connectivity index (χ1n) is 7.57. The summed E-state index contributed by atoms with van der Waals surface area (Å²) < 4.78 is 1.29. The third-order valence-electron chi connectivity index (χ3n) is 4.08. The lowest BCUT2D eigenvalue weighted by Gasteiger charge is -2.09. The van der Waals surface area contributed by atoms with Crippen LogP contribution in [0.4, 0.5) is 0 Å². The van der Waals surface area contributed by atoms with Gasteiger partial charge in [0.2, 0.25) is 0 Å². The van der Waals surface area contributed by atoms with Crippen LogP contribution in [0.1, 0.15) is 28.8 Å². The first-order chi connectivity index (χ1) is 11.2. The lowest BCUT2D eigenvalue weighted by atomic mass is 9.97. The van der Waals surface area contributed by atoms with E-state index in [0.717, 1.165) is 35.0 Å². The number of hydrogen-bond donors (Lipinski definition) is 1. The van der Waals surface area contributed by atoms with Crippen molar-refractivity contribution in [2.24, 2.45) is 5.10 Å². The van der Waals surface area contributed by atoms with Crippen LogP contribution in [0.2, 0.25) is 0 Å².